The topological polar surface area (TPSA) is 26.0 Å². The van der Waals surface area contributed by atoms with Crippen molar-refractivity contribution in [1.29, 1.82) is 0 Å². The number of rotatable bonds is 3. The van der Waals surface area contributed by atoms with Gasteiger partial charge in [0.15, 0.2) is 0 Å². The van der Waals surface area contributed by atoms with Crippen molar-refractivity contribution in [3.8, 4) is 11.1 Å². The van der Waals surface area contributed by atoms with E-state index < -0.39 is 11.6 Å². The zero-order valence-electron chi connectivity index (χ0n) is 11.1. The molecule has 0 aliphatic rings. The molecule has 0 spiro atoms. The lowest BCUT2D eigenvalue weighted by Crippen LogP contribution is -1.95. The summed E-state index contributed by atoms with van der Waals surface area (Å²) in [5.74, 6) is -0.639. The smallest absolute Gasteiger partial charge is 0.146 e. The van der Waals surface area contributed by atoms with Gasteiger partial charge >= 0.3 is 0 Å². The number of hydrogen-bond donors (Lipinski definition) is 1. The molecule has 2 aromatic carbocycles. The fourth-order valence-corrected chi connectivity index (χ4v) is 2.01. The number of nitrogens with two attached hydrogens (primary N) is 1. The van der Waals surface area contributed by atoms with Crippen LogP contribution in [0.4, 0.5) is 14.5 Å². The van der Waals surface area contributed by atoms with E-state index in [1.54, 1.807) is 0 Å². The standard InChI is InChI=1S/C16H17F2N/c1-3-10(2)11-4-6-12(7-5-11)13-8-15(18)16(19)9-14(13)17/h4-10H,3,19H2,1-2H3. The Bertz CT molecular complexity index is 576. The second kappa shape index (κ2) is 5.39. The molecule has 0 saturated carbocycles. The first-order valence-corrected chi connectivity index (χ1v) is 6.37. The summed E-state index contributed by atoms with van der Waals surface area (Å²) in [4.78, 5) is 0. The first kappa shape index (κ1) is 13.5. The van der Waals surface area contributed by atoms with Gasteiger partial charge in [-0.05, 0) is 29.5 Å². The van der Waals surface area contributed by atoms with Crippen LogP contribution >= 0.6 is 0 Å². The highest BCUT2D eigenvalue weighted by Crippen LogP contribution is 2.28. The van der Waals surface area contributed by atoms with Gasteiger partial charge in [0.05, 0.1) is 5.69 Å². The van der Waals surface area contributed by atoms with E-state index in [4.69, 9.17) is 5.73 Å². The van der Waals surface area contributed by atoms with Crippen LogP contribution in [0.5, 0.6) is 0 Å². The van der Waals surface area contributed by atoms with Gasteiger partial charge in [-0.3, -0.25) is 0 Å². The molecule has 0 radical (unpaired) electrons. The largest absolute Gasteiger partial charge is 0.396 e. The summed E-state index contributed by atoms with van der Waals surface area (Å²) in [5, 5.41) is 0. The summed E-state index contributed by atoms with van der Waals surface area (Å²) >= 11 is 0. The van der Waals surface area contributed by atoms with Crippen LogP contribution in [-0.2, 0) is 0 Å². The molecule has 2 rings (SSSR count). The van der Waals surface area contributed by atoms with Crippen LogP contribution in [0.25, 0.3) is 11.1 Å². The molecule has 0 bridgehead atoms. The van der Waals surface area contributed by atoms with Gasteiger partial charge in [-0.2, -0.15) is 0 Å². The Morgan fingerprint density at radius 3 is 2.26 bits per heavy atom. The van der Waals surface area contributed by atoms with E-state index >= 15 is 0 Å². The predicted molar refractivity (Wildman–Crippen MR) is 74.9 cm³/mol. The molecule has 1 atom stereocenters. The van der Waals surface area contributed by atoms with Crippen molar-refractivity contribution in [2.24, 2.45) is 0 Å². The highest BCUT2D eigenvalue weighted by atomic mass is 19.1. The second-order valence-corrected chi connectivity index (χ2v) is 4.78. The molecule has 0 saturated heterocycles. The van der Waals surface area contributed by atoms with Crippen LogP contribution in [0.1, 0.15) is 31.7 Å². The average molecular weight is 261 g/mol. The van der Waals surface area contributed by atoms with Crippen molar-refractivity contribution in [3.63, 3.8) is 0 Å². The van der Waals surface area contributed by atoms with Crippen molar-refractivity contribution in [3.05, 3.63) is 53.6 Å². The molecule has 2 aromatic rings. The van der Waals surface area contributed by atoms with E-state index in [2.05, 4.69) is 13.8 Å². The number of nitrogen functional groups attached to an aromatic ring is 1. The Labute approximate surface area is 112 Å². The minimum absolute atomic E-state index is 0.169. The van der Waals surface area contributed by atoms with E-state index in [1.165, 1.54) is 5.56 Å². The molecule has 0 aliphatic carbocycles. The zero-order valence-corrected chi connectivity index (χ0v) is 11.1. The highest BCUT2D eigenvalue weighted by Gasteiger charge is 2.10. The molecule has 0 aromatic heterocycles. The fourth-order valence-electron chi connectivity index (χ4n) is 2.01. The summed E-state index contributed by atoms with van der Waals surface area (Å²) < 4.78 is 27.2. The molecule has 1 unspecified atom stereocenters. The molecule has 0 heterocycles. The molecular weight excluding hydrogens is 244 g/mol. The molecule has 0 amide bonds. The molecular formula is C16H17F2N. The van der Waals surface area contributed by atoms with E-state index in [0.717, 1.165) is 18.6 Å². The summed E-state index contributed by atoms with van der Waals surface area (Å²) in [6.07, 6.45) is 1.05. The van der Waals surface area contributed by atoms with Gasteiger partial charge in [-0.25, -0.2) is 8.78 Å². The minimum Gasteiger partial charge on any atom is -0.396 e. The number of benzene rings is 2. The Morgan fingerprint density at radius 1 is 1.05 bits per heavy atom. The zero-order chi connectivity index (χ0) is 14.0. The van der Waals surface area contributed by atoms with Gasteiger partial charge in [0, 0.05) is 11.6 Å². The monoisotopic (exact) mass is 261 g/mol. The Balaban J connectivity index is 2.40. The highest BCUT2D eigenvalue weighted by molar-refractivity contribution is 5.67. The van der Waals surface area contributed by atoms with Gasteiger partial charge in [-0.1, -0.05) is 38.1 Å². The van der Waals surface area contributed by atoms with Gasteiger partial charge in [-0.15, -0.1) is 0 Å². The average Bonchev–Trinajstić information content (AvgIpc) is 2.42. The third-order valence-electron chi connectivity index (χ3n) is 3.49. The van der Waals surface area contributed by atoms with Gasteiger partial charge in [0.1, 0.15) is 11.6 Å². The summed E-state index contributed by atoms with van der Waals surface area (Å²) in [6.45, 7) is 4.26. The van der Waals surface area contributed by atoms with Crippen LogP contribution in [0.15, 0.2) is 36.4 Å². The normalized spacial score (nSPS) is 12.4. The first-order valence-electron chi connectivity index (χ1n) is 6.37. The van der Waals surface area contributed by atoms with E-state index in [9.17, 15) is 8.78 Å². The molecule has 3 heteroatoms. The van der Waals surface area contributed by atoms with Crippen LogP contribution < -0.4 is 5.73 Å². The molecule has 19 heavy (non-hydrogen) atoms. The maximum atomic E-state index is 13.8. The Hall–Kier alpha value is -1.90. The molecule has 0 fully saturated rings. The van der Waals surface area contributed by atoms with Crippen molar-refractivity contribution in [2.75, 3.05) is 5.73 Å². The third kappa shape index (κ3) is 2.75. The summed E-state index contributed by atoms with van der Waals surface area (Å²) in [5.41, 5.74) is 7.26. The van der Waals surface area contributed by atoms with Crippen molar-refractivity contribution < 1.29 is 8.78 Å². The van der Waals surface area contributed by atoms with E-state index in [-0.39, 0.29) is 11.3 Å². The predicted octanol–water partition coefficient (Wildman–Crippen LogP) is 4.73. The lowest BCUT2D eigenvalue weighted by Gasteiger charge is -2.10. The molecule has 100 valence electrons. The lowest BCUT2D eigenvalue weighted by atomic mass is 9.95. The fraction of sp³-hybridized carbons (Fsp3) is 0.250. The molecule has 0 aliphatic heterocycles. The molecule has 1 nitrogen and oxygen atoms in total. The third-order valence-corrected chi connectivity index (χ3v) is 3.49. The first-order chi connectivity index (χ1) is 9.02. The molecule has 2 N–H and O–H groups in total. The van der Waals surface area contributed by atoms with Crippen molar-refractivity contribution in [1.82, 2.24) is 0 Å². The van der Waals surface area contributed by atoms with Crippen molar-refractivity contribution in [2.45, 2.75) is 26.2 Å². The summed E-state index contributed by atoms with van der Waals surface area (Å²) in [6, 6.07) is 9.70. The summed E-state index contributed by atoms with van der Waals surface area (Å²) in [7, 11) is 0. The van der Waals surface area contributed by atoms with Gasteiger partial charge in [0.2, 0.25) is 0 Å². The SMILES string of the molecule is CCC(C)c1ccc(-c2cc(F)c(N)cc2F)cc1. The van der Waals surface area contributed by atoms with Crippen LogP contribution in [0.3, 0.4) is 0 Å². The quantitative estimate of drug-likeness (QED) is 0.794. The minimum atomic E-state index is -0.595. The van der Waals surface area contributed by atoms with Gasteiger partial charge in [0.25, 0.3) is 0 Å². The Kier molecular flexibility index (Phi) is 3.84. The number of anilines is 1. The van der Waals surface area contributed by atoms with Crippen molar-refractivity contribution >= 4 is 5.69 Å². The van der Waals surface area contributed by atoms with Crippen LogP contribution in [0.2, 0.25) is 0 Å². The Morgan fingerprint density at radius 2 is 1.68 bits per heavy atom. The number of hydrogen-bond acceptors (Lipinski definition) is 1. The van der Waals surface area contributed by atoms with E-state index in [0.29, 0.717) is 11.5 Å². The van der Waals surface area contributed by atoms with Gasteiger partial charge < -0.3 is 5.73 Å². The lowest BCUT2D eigenvalue weighted by molar-refractivity contribution is 0.607. The maximum absolute atomic E-state index is 13.8. The second-order valence-electron chi connectivity index (χ2n) is 4.78. The number of halogens is 2. The van der Waals surface area contributed by atoms with Crippen LogP contribution in [-0.4, -0.2) is 0 Å². The van der Waals surface area contributed by atoms with Crippen LogP contribution in [0, 0.1) is 11.6 Å². The maximum Gasteiger partial charge on any atom is 0.146 e. The van der Waals surface area contributed by atoms with E-state index in [1.807, 2.05) is 24.3 Å².